The quantitative estimate of drug-likeness (QED) is 0.677. The second kappa shape index (κ2) is 8.34. The molecular weight excluding hydrogens is 373 g/mol. The zero-order valence-corrected chi connectivity index (χ0v) is 16.9. The molecule has 0 aliphatic heterocycles. The molecule has 0 radical (unpaired) electrons. The predicted molar refractivity (Wildman–Crippen MR) is 109 cm³/mol. The van der Waals surface area contributed by atoms with Gasteiger partial charge in [0.2, 0.25) is 0 Å². The number of ether oxygens (including phenoxy) is 2. The third kappa shape index (κ3) is 5.57. The third-order valence-corrected chi connectivity index (χ3v) is 4.05. The summed E-state index contributed by atoms with van der Waals surface area (Å²) in [5.74, 6) is 0.370. The molecule has 2 aromatic carbocycles. The van der Waals surface area contributed by atoms with Crippen LogP contribution < -0.4 is 10.1 Å². The molecule has 1 heterocycles. The van der Waals surface area contributed by atoms with Crippen LogP contribution in [-0.4, -0.2) is 28.6 Å². The minimum atomic E-state index is -0.590. The molecule has 0 saturated carbocycles. The number of halogens is 1. The Bertz CT molecular complexity index is 991. The molecule has 6 nitrogen and oxygen atoms in total. The first-order valence-electron chi connectivity index (χ1n) is 9.19. The molecular formula is C22H24FN3O3. The van der Waals surface area contributed by atoms with E-state index >= 15 is 0 Å². The van der Waals surface area contributed by atoms with Crippen molar-refractivity contribution in [2.75, 3.05) is 7.11 Å². The molecule has 1 amide bonds. The van der Waals surface area contributed by atoms with Crippen LogP contribution in [0.2, 0.25) is 0 Å². The van der Waals surface area contributed by atoms with Crippen LogP contribution in [0.3, 0.4) is 0 Å². The van der Waals surface area contributed by atoms with Gasteiger partial charge in [-0.25, -0.2) is 13.9 Å². The summed E-state index contributed by atoms with van der Waals surface area (Å²) in [5, 5.41) is 7.00. The lowest BCUT2D eigenvalue weighted by atomic mass is 10.1. The van der Waals surface area contributed by atoms with E-state index in [-0.39, 0.29) is 12.4 Å². The molecule has 0 fully saturated rings. The van der Waals surface area contributed by atoms with E-state index in [1.807, 2.05) is 36.5 Å². The molecule has 0 saturated heterocycles. The largest absolute Gasteiger partial charge is 0.497 e. The molecule has 152 valence electrons. The van der Waals surface area contributed by atoms with E-state index in [1.54, 1.807) is 38.8 Å². The lowest BCUT2D eigenvalue weighted by Gasteiger charge is -2.19. The molecule has 0 aliphatic rings. The fourth-order valence-corrected chi connectivity index (χ4v) is 2.76. The Hall–Kier alpha value is -3.35. The Morgan fingerprint density at radius 1 is 1.14 bits per heavy atom. The average molecular weight is 397 g/mol. The fraction of sp³-hybridized carbons (Fsp3) is 0.273. The Kier molecular flexibility index (Phi) is 5.87. The fourth-order valence-electron chi connectivity index (χ4n) is 2.76. The maximum atomic E-state index is 14.1. The highest BCUT2D eigenvalue weighted by molar-refractivity contribution is 5.68. The summed E-state index contributed by atoms with van der Waals surface area (Å²) in [5.41, 5.74) is 2.33. The molecule has 0 aliphatic carbocycles. The van der Waals surface area contributed by atoms with Crippen LogP contribution in [0.25, 0.3) is 16.8 Å². The van der Waals surface area contributed by atoms with Gasteiger partial charge in [-0.2, -0.15) is 5.10 Å². The normalized spacial score (nSPS) is 11.2. The SMILES string of the molecule is COc1ccc(-n2cc(-c3cc(F)cc(CNC(=O)OC(C)(C)C)c3)cn2)cc1. The van der Waals surface area contributed by atoms with Crippen molar-refractivity contribution in [3.05, 3.63) is 66.2 Å². The maximum Gasteiger partial charge on any atom is 0.407 e. The highest BCUT2D eigenvalue weighted by Gasteiger charge is 2.16. The van der Waals surface area contributed by atoms with E-state index in [1.165, 1.54) is 12.1 Å². The van der Waals surface area contributed by atoms with Gasteiger partial charge in [-0.1, -0.05) is 0 Å². The molecule has 1 aromatic heterocycles. The van der Waals surface area contributed by atoms with E-state index < -0.39 is 11.7 Å². The lowest BCUT2D eigenvalue weighted by Crippen LogP contribution is -2.32. The van der Waals surface area contributed by atoms with Gasteiger partial charge in [-0.05, 0) is 74.4 Å². The second-order valence-corrected chi connectivity index (χ2v) is 7.58. The minimum absolute atomic E-state index is 0.159. The van der Waals surface area contributed by atoms with Crippen molar-refractivity contribution < 1.29 is 18.7 Å². The number of nitrogens with one attached hydrogen (secondary N) is 1. The summed E-state index contributed by atoms with van der Waals surface area (Å²) in [6, 6.07) is 12.1. The average Bonchev–Trinajstić information content (AvgIpc) is 3.15. The molecule has 1 N–H and O–H groups in total. The molecule has 29 heavy (non-hydrogen) atoms. The van der Waals surface area contributed by atoms with Gasteiger partial charge in [0.15, 0.2) is 0 Å². The van der Waals surface area contributed by atoms with Crippen molar-refractivity contribution in [1.82, 2.24) is 15.1 Å². The van der Waals surface area contributed by atoms with E-state index in [9.17, 15) is 9.18 Å². The second-order valence-electron chi connectivity index (χ2n) is 7.58. The summed E-state index contributed by atoms with van der Waals surface area (Å²) in [7, 11) is 1.61. The zero-order chi connectivity index (χ0) is 21.0. The number of methoxy groups -OCH3 is 1. The summed E-state index contributed by atoms with van der Waals surface area (Å²) in [6.07, 6.45) is 2.95. The number of hydrogen-bond donors (Lipinski definition) is 1. The van der Waals surface area contributed by atoms with E-state index in [4.69, 9.17) is 9.47 Å². The van der Waals surface area contributed by atoms with Gasteiger partial charge >= 0.3 is 6.09 Å². The van der Waals surface area contributed by atoms with Crippen molar-refractivity contribution in [1.29, 1.82) is 0 Å². The zero-order valence-electron chi connectivity index (χ0n) is 16.9. The third-order valence-electron chi connectivity index (χ3n) is 4.05. The lowest BCUT2D eigenvalue weighted by molar-refractivity contribution is 0.0523. The highest BCUT2D eigenvalue weighted by atomic mass is 19.1. The van der Waals surface area contributed by atoms with Crippen LogP contribution in [-0.2, 0) is 11.3 Å². The Morgan fingerprint density at radius 2 is 1.86 bits per heavy atom. The van der Waals surface area contributed by atoms with Crippen molar-refractivity contribution >= 4 is 6.09 Å². The van der Waals surface area contributed by atoms with Gasteiger partial charge in [-0.3, -0.25) is 0 Å². The summed E-state index contributed by atoms with van der Waals surface area (Å²) < 4.78 is 26.2. The van der Waals surface area contributed by atoms with Crippen LogP contribution in [0.5, 0.6) is 5.75 Å². The number of aromatic nitrogens is 2. The standard InChI is InChI=1S/C22H24FN3O3/c1-22(2,3)29-21(27)24-12-15-9-16(11-18(23)10-15)17-13-25-26(14-17)19-5-7-20(28-4)8-6-19/h5-11,13-14H,12H2,1-4H3,(H,24,27). The van der Waals surface area contributed by atoms with Gasteiger partial charge < -0.3 is 14.8 Å². The molecule has 0 atom stereocenters. The number of amides is 1. The van der Waals surface area contributed by atoms with Crippen LogP contribution in [0, 0.1) is 5.82 Å². The van der Waals surface area contributed by atoms with Gasteiger partial charge in [0, 0.05) is 18.3 Å². The number of carbonyl (C=O) groups excluding carboxylic acids is 1. The first-order valence-corrected chi connectivity index (χ1v) is 9.19. The van der Waals surface area contributed by atoms with Gasteiger partial charge in [0.05, 0.1) is 19.0 Å². The van der Waals surface area contributed by atoms with Gasteiger partial charge in [0.25, 0.3) is 0 Å². The minimum Gasteiger partial charge on any atom is -0.497 e. The van der Waals surface area contributed by atoms with Crippen molar-refractivity contribution in [3.8, 4) is 22.6 Å². The molecule has 3 aromatic rings. The molecule has 7 heteroatoms. The van der Waals surface area contributed by atoms with Crippen LogP contribution in [0.1, 0.15) is 26.3 Å². The molecule has 0 bridgehead atoms. The molecule has 3 rings (SSSR count). The topological polar surface area (TPSA) is 65.4 Å². The number of nitrogens with zero attached hydrogens (tertiary/aromatic N) is 2. The van der Waals surface area contributed by atoms with Crippen molar-refractivity contribution in [2.24, 2.45) is 0 Å². The van der Waals surface area contributed by atoms with Crippen LogP contribution in [0.15, 0.2) is 54.9 Å². The first-order chi connectivity index (χ1) is 13.7. The molecule has 0 unspecified atom stereocenters. The smallest absolute Gasteiger partial charge is 0.407 e. The first kappa shape index (κ1) is 20.4. The van der Waals surface area contributed by atoms with E-state index in [0.29, 0.717) is 11.1 Å². The Labute approximate surface area is 169 Å². The monoisotopic (exact) mass is 397 g/mol. The highest BCUT2D eigenvalue weighted by Crippen LogP contribution is 2.23. The number of benzene rings is 2. The van der Waals surface area contributed by atoms with E-state index in [2.05, 4.69) is 10.4 Å². The summed E-state index contributed by atoms with van der Waals surface area (Å²) in [6.45, 7) is 5.51. The maximum absolute atomic E-state index is 14.1. The van der Waals surface area contributed by atoms with Crippen LogP contribution in [0.4, 0.5) is 9.18 Å². The number of hydrogen-bond acceptors (Lipinski definition) is 4. The molecule has 0 spiro atoms. The van der Waals surface area contributed by atoms with Gasteiger partial charge in [0.1, 0.15) is 17.2 Å². The number of alkyl carbamates (subject to hydrolysis) is 1. The Balaban J connectivity index is 1.76. The Morgan fingerprint density at radius 3 is 2.52 bits per heavy atom. The van der Waals surface area contributed by atoms with Crippen molar-refractivity contribution in [2.45, 2.75) is 32.9 Å². The van der Waals surface area contributed by atoms with Crippen LogP contribution >= 0.6 is 0 Å². The van der Waals surface area contributed by atoms with Gasteiger partial charge in [-0.15, -0.1) is 0 Å². The predicted octanol–water partition coefficient (Wildman–Crippen LogP) is 4.71. The van der Waals surface area contributed by atoms with Crippen molar-refractivity contribution in [3.63, 3.8) is 0 Å². The number of rotatable bonds is 5. The summed E-state index contributed by atoms with van der Waals surface area (Å²) >= 11 is 0. The summed E-state index contributed by atoms with van der Waals surface area (Å²) in [4.78, 5) is 11.8. The number of carbonyl (C=O) groups is 1. The van der Waals surface area contributed by atoms with E-state index in [0.717, 1.165) is 17.0 Å².